The maximum atomic E-state index is 5.42. The summed E-state index contributed by atoms with van der Waals surface area (Å²) in [4.78, 5) is 4.38. The van der Waals surface area contributed by atoms with Gasteiger partial charge in [-0.3, -0.25) is 0 Å². The van der Waals surface area contributed by atoms with Gasteiger partial charge in [0.15, 0.2) is 0 Å². The van der Waals surface area contributed by atoms with Crippen molar-refractivity contribution in [3.63, 3.8) is 0 Å². The molecule has 0 aromatic rings. The molecular weight excluding hydrogens is 505 g/mol. The molecule has 0 fully saturated rings. The Labute approximate surface area is 242 Å². The normalized spacial score (nSPS) is 11.1. The van der Waals surface area contributed by atoms with Crippen LogP contribution in [-0.4, -0.2) is 38.2 Å². The number of rotatable bonds is 26. The Balaban J connectivity index is 3.89. The van der Waals surface area contributed by atoms with E-state index < -0.39 is 0 Å². The molecule has 0 heterocycles. The van der Waals surface area contributed by atoms with Crippen LogP contribution in [0.2, 0.25) is 0 Å². The van der Waals surface area contributed by atoms with Gasteiger partial charge in [0.25, 0.3) is 0 Å². The van der Waals surface area contributed by atoms with Crippen LogP contribution in [0.3, 0.4) is 0 Å². The number of nitrogens with zero attached hydrogens (tertiary/aromatic N) is 2. The number of unbranched alkanes of at least 4 members (excludes halogenated alkanes) is 20. The third kappa shape index (κ3) is 24.6. The van der Waals surface area contributed by atoms with Crippen molar-refractivity contribution in [2.24, 2.45) is 0 Å². The number of hydrogen-bond donors (Lipinski definition) is 2. The zero-order valence-electron chi connectivity index (χ0n) is 23.3. The molecule has 0 aromatic carbocycles. The second kappa shape index (κ2) is 27.5. The van der Waals surface area contributed by atoms with Gasteiger partial charge in [-0.05, 0) is 12.8 Å². The Bertz CT molecular complexity index is 445. The van der Waals surface area contributed by atoms with Crippen LogP contribution in [0.4, 0.5) is 0 Å². The smallest absolute Gasteiger partial charge is 0.134 e. The van der Waals surface area contributed by atoms with Crippen LogP contribution in [0.25, 0.3) is 0 Å². The van der Waals surface area contributed by atoms with Gasteiger partial charge in [-0.25, -0.2) is 0 Å². The van der Waals surface area contributed by atoms with Crippen LogP contribution < -0.4 is 0 Å². The Morgan fingerprint density at radius 2 is 0.657 bits per heavy atom. The lowest BCUT2D eigenvalue weighted by Crippen LogP contribution is -2.41. The van der Waals surface area contributed by atoms with E-state index in [1.54, 1.807) is 0 Å². The summed E-state index contributed by atoms with van der Waals surface area (Å²) >= 11 is 19.8. The van der Waals surface area contributed by atoms with Crippen molar-refractivity contribution in [1.29, 1.82) is 0 Å². The SMILES string of the molecule is CCCCCCCCCCCCCN(CN(CCCCCCCCCCCCC)C(=S)S)C(=S)S. The molecule has 0 rings (SSSR count). The van der Waals surface area contributed by atoms with Gasteiger partial charge in [-0.1, -0.05) is 167 Å². The fourth-order valence-electron chi connectivity index (χ4n) is 4.59. The Kier molecular flexibility index (Phi) is 27.9. The molecular formula is C29H58N2S4. The highest BCUT2D eigenvalue weighted by molar-refractivity contribution is 8.11. The van der Waals surface area contributed by atoms with Gasteiger partial charge in [-0.2, -0.15) is 0 Å². The summed E-state index contributed by atoms with van der Waals surface area (Å²) in [5.41, 5.74) is 0. The van der Waals surface area contributed by atoms with Crippen molar-refractivity contribution in [1.82, 2.24) is 9.80 Å². The van der Waals surface area contributed by atoms with E-state index >= 15 is 0 Å². The fraction of sp³-hybridized carbons (Fsp3) is 0.931. The first-order valence-corrected chi connectivity index (χ1v) is 16.7. The molecule has 0 N–H and O–H groups in total. The van der Waals surface area contributed by atoms with Gasteiger partial charge in [0.1, 0.15) is 8.64 Å². The summed E-state index contributed by atoms with van der Waals surface area (Å²) in [5.74, 6) is 0. The highest BCUT2D eigenvalue weighted by Crippen LogP contribution is 2.14. The first-order chi connectivity index (χ1) is 17.0. The first kappa shape index (κ1) is 35.5. The van der Waals surface area contributed by atoms with Crippen molar-refractivity contribution in [2.45, 2.75) is 155 Å². The van der Waals surface area contributed by atoms with E-state index in [2.05, 4.69) is 48.9 Å². The topological polar surface area (TPSA) is 6.48 Å². The second-order valence-corrected chi connectivity index (χ2v) is 12.5. The molecule has 0 saturated carbocycles. The van der Waals surface area contributed by atoms with Crippen LogP contribution in [0.15, 0.2) is 0 Å². The summed E-state index contributed by atoms with van der Waals surface area (Å²) in [6, 6.07) is 0. The average molecular weight is 563 g/mol. The van der Waals surface area contributed by atoms with E-state index in [-0.39, 0.29) is 0 Å². The molecule has 0 unspecified atom stereocenters. The van der Waals surface area contributed by atoms with Gasteiger partial charge in [0.2, 0.25) is 0 Å². The molecule has 6 heteroatoms. The molecule has 0 spiro atoms. The van der Waals surface area contributed by atoms with E-state index in [1.165, 1.54) is 141 Å². The predicted octanol–water partition coefficient (Wildman–Crippen LogP) is 10.6. The zero-order chi connectivity index (χ0) is 26.0. The highest BCUT2D eigenvalue weighted by atomic mass is 32.1. The molecule has 208 valence electrons. The minimum atomic E-state index is 0.672. The van der Waals surface area contributed by atoms with Gasteiger partial charge in [0.05, 0.1) is 6.67 Å². The molecule has 0 aliphatic carbocycles. The summed E-state index contributed by atoms with van der Waals surface area (Å²) in [5, 5.41) is 0. The molecule has 0 atom stereocenters. The largest absolute Gasteiger partial charge is 0.340 e. The van der Waals surface area contributed by atoms with Crippen molar-refractivity contribution in [2.75, 3.05) is 19.8 Å². The summed E-state index contributed by atoms with van der Waals surface area (Å²) in [6.07, 6.45) is 29.9. The molecule has 0 aliphatic heterocycles. The number of thiol groups is 2. The Morgan fingerprint density at radius 3 is 0.886 bits per heavy atom. The van der Waals surface area contributed by atoms with Crippen molar-refractivity contribution < 1.29 is 0 Å². The monoisotopic (exact) mass is 562 g/mol. The van der Waals surface area contributed by atoms with Crippen molar-refractivity contribution in [3.05, 3.63) is 0 Å². The minimum Gasteiger partial charge on any atom is -0.340 e. The van der Waals surface area contributed by atoms with Crippen LogP contribution in [0.5, 0.6) is 0 Å². The van der Waals surface area contributed by atoms with Gasteiger partial charge < -0.3 is 9.80 Å². The maximum Gasteiger partial charge on any atom is 0.134 e. The van der Waals surface area contributed by atoms with Crippen molar-refractivity contribution >= 4 is 58.3 Å². The first-order valence-electron chi connectivity index (χ1n) is 15.0. The lowest BCUT2D eigenvalue weighted by atomic mass is 10.1. The van der Waals surface area contributed by atoms with Gasteiger partial charge in [-0.15, -0.1) is 25.3 Å². The van der Waals surface area contributed by atoms with Crippen LogP contribution in [0, 0.1) is 0 Å². The molecule has 0 saturated heterocycles. The van der Waals surface area contributed by atoms with E-state index in [1.807, 2.05) is 0 Å². The van der Waals surface area contributed by atoms with Crippen LogP contribution in [0.1, 0.15) is 155 Å². The van der Waals surface area contributed by atoms with Crippen LogP contribution >= 0.6 is 49.7 Å². The van der Waals surface area contributed by atoms with E-state index in [0.717, 1.165) is 19.8 Å². The van der Waals surface area contributed by atoms with Gasteiger partial charge in [0, 0.05) is 13.1 Å². The highest BCUT2D eigenvalue weighted by Gasteiger charge is 2.13. The van der Waals surface area contributed by atoms with E-state index in [4.69, 9.17) is 24.4 Å². The summed E-state index contributed by atoms with van der Waals surface area (Å²) in [7, 11) is 0. The fourth-order valence-corrected chi connectivity index (χ4v) is 5.22. The Morgan fingerprint density at radius 1 is 0.429 bits per heavy atom. The predicted molar refractivity (Wildman–Crippen MR) is 174 cm³/mol. The van der Waals surface area contributed by atoms with Crippen LogP contribution in [-0.2, 0) is 0 Å². The molecule has 0 amide bonds. The molecule has 0 aromatic heterocycles. The number of thiocarbonyl (C=S) groups is 2. The quantitative estimate of drug-likeness (QED) is 0.0468. The third-order valence-electron chi connectivity index (χ3n) is 6.95. The van der Waals surface area contributed by atoms with Gasteiger partial charge >= 0.3 is 0 Å². The van der Waals surface area contributed by atoms with E-state index in [9.17, 15) is 0 Å². The lowest BCUT2D eigenvalue weighted by molar-refractivity contribution is 0.274. The molecule has 35 heavy (non-hydrogen) atoms. The molecule has 2 nitrogen and oxygen atoms in total. The Hall–Kier alpha value is 0.480. The second-order valence-electron chi connectivity index (χ2n) is 10.3. The molecule has 0 aliphatic rings. The zero-order valence-corrected chi connectivity index (χ0v) is 26.7. The maximum absolute atomic E-state index is 5.42. The van der Waals surface area contributed by atoms with E-state index in [0.29, 0.717) is 8.64 Å². The summed E-state index contributed by atoms with van der Waals surface area (Å²) in [6.45, 7) is 7.21. The standard InChI is InChI=1S/C29H58N2S4/c1-3-5-7-9-11-13-15-17-19-21-23-25-30(28(32)33)27-31(29(34)35)26-24-22-20-18-16-14-12-10-8-6-4-2/h3-27H2,1-2H3,(H,32,33)(H,34,35). The number of hydrogen-bond acceptors (Lipinski definition) is 2. The third-order valence-corrected chi connectivity index (χ3v) is 8.03. The molecule has 0 bridgehead atoms. The summed E-state index contributed by atoms with van der Waals surface area (Å²) < 4.78 is 1.34. The molecule has 0 radical (unpaired) electrons. The van der Waals surface area contributed by atoms with Crippen molar-refractivity contribution in [3.8, 4) is 0 Å². The minimum absolute atomic E-state index is 0.672. The average Bonchev–Trinajstić information content (AvgIpc) is 2.83. The lowest BCUT2D eigenvalue weighted by Gasteiger charge is -2.31.